The Morgan fingerprint density at radius 1 is 1.15 bits per heavy atom. The molecule has 0 aliphatic heterocycles. The van der Waals surface area contributed by atoms with Crippen LogP contribution in [0.15, 0.2) is 42.5 Å². The number of non-ortho nitro benzene ring substituents is 1. The van der Waals surface area contributed by atoms with Crippen LogP contribution >= 0.6 is 0 Å². The highest BCUT2D eigenvalue weighted by Crippen LogP contribution is 2.31. The smallest absolute Gasteiger partial charge is 0.269 e. The predicted molar refractivity (Wildman–Crippen MR) is 97.8 cm³/mol. The lowest BCUT2D eigenvalue weighted by atomic mass is 10.2. The highest BCUT2D eigenvalue weighted by atomic mass is 16.6. The average molecular weight is 359 g/mol. The lowest BCUT2D eigenvalue weighted by molar-refractivity contribution is -0.384. The fourth-order valence-corrected chi connectivity index (χ4v) is 2.07. The Labute approximate surface area is 151 Å². The minimum atomic E-state index is -0.513. The summed E-state index contributed by atoms with van der Waals surface area (Å²) in [5.74, 6) is 0.666. The maximum absolute atomic E-state index is 12.3. The van der Waals surface area contributed by atoms with Gasteiger partial charge in [0.1, 0.15) is 6.23 Å². The first kappa shape index (κ1) is 19.2. The van der Waals surface area contributed by atoms with Crippen molar-refractivity contribution in [2.24, 2.45) is 0 Å². The third kappa shape index (κ3) is 4.70. The number of anilines is 1. The molecule has 2 aromatic rings. The first-order valence-electron chi connectivity index (χ1n) is 7.88. The summed E-state index contributed by atoms with van der Waals surface area (Å²) in [4.78, 5) is 24.4. The van der Waals surface area contributed by atoms with E-state index in [4.69, 9.17) is 9.47 Å². The molecule has 1 N–H and O–H groups in total. The Bertz CT molecular complexity index is 790. The number of hydrogen-bond acceptors (Lipinski definition) is 6. The number of rotatable bonds is 7. The molecule has 8 nitrogen and oxygen atoms in total. The molecule has 0 radical (unpaired) electrons. The van der Waals surface area contributed by atoms with E-state index in [-0.39, 0.29) is 17.8 Å². The summed E-state index contributed by atoms with van der Waals surface area (Å²) in [6.07, 6.45) is -0.190. The van der Waals surface area contributed by atoms with Crippen LogP contribution in [0.5, 0.6) is 11.5 Å². The third-order valence-electron chi connectivity index (χ3n) is 3.79. The van der Waals surface area contributed by atoms with Crippen molar-refractivity contribution in [2.75, 3.05) is 26.5 Å². The average Bonchev–Trinajstić information content (AvgIpc) is 2.61. The molecule has 138 valence electrons. The Morgan fingerprint density at radius 2 is 1.81 bits per heavy atom. The quantitative estimate of drug-likeness (QED) is 0.464. The summed E-state index contributed by atoms with van der Waals surface area (Å²) in [7, 11) is 5.31. The molecule has 0 aliphatic carbocycles. The van der Waals surface area contributed by atoms with E-state index in [2.05, 4.69) is 5.32 Å². The van der Waals surface area contributed by atoms with E-state index in [1.807, 2.05) is 25.9 Å². The first-order valence-corrected chi connectivity index (χ1v) is 7.88. The lowest BCUT2D eigenvalue weighted by Gasteiger charge is -2.22. The Morgan fingerprint density at radius 3 is 2.35 bits per heavy atom. The molecular weight excluding hydrogens is 338 g/mol. The van der Waals surface area contributed by atoms with Crippen LogP contribution in [0.2, 0.25) is 0 Å². The second kappa shape index (κ2) is 8.30. The summed E-state index contributed by atoms with van der Waals surface area (Å²) in [5, 5.41) is 13.4. The van der Waals surface area contributed by atoms with Gasteiger partial charge in [0.25, 0.3) is 11.6 Å². The lowest BCUT2D eigenvalue weighted by Crippen LogP contribution is -2.30. The van der Waals surface area contributed by atoms with Crippen molar-refractivity contribution >= 4 is 17.3 Å². The Balaban J connectivity index is 2.17. The highest BCUT2D eigenvalue weighted by Gasteiger charge is 2.14. The molecule has 1 amide bonds. The van der Waals surface area contributed by atoms with Gasteiger partial charge in [-0.15, -0.1) is 0 Å². The van der Waals surface area contributed by atoms with Gasteiger partial charge in [-0.05, 0) is 45.3 Å². The van der Waals surface area contributed by atoms with E-state index >= 15 is 0 Å². The first-order chi connectivity index (χ1) is 12.3. The number of nitro benzene ring substituents is 1. The van der Waals surface area contributed by atoms with E-state index in [1.165, 1.54) is 31.4 Å². The van der Waals surface area contributed by atoms with E-state index in [9.17, 15) is 14.9 Å². The summed E-state index contributed by atoms with van der Waals surface area (Å²) in [6, 6.07) is 10.4. The van der Waals surface area contributed by atoms with Crippen molar-refractivity contribution in [2.45, 2.75) is 13.2 Å². The van der Waals surface area contributed by atoms with Crippen LogP contribution in [0, 0.1) is 10.1 Å². The fourth-order valence-electron chi connectivity index (χ4n) is 2.07. The van der Waals surface area contributed by atoms with Gasteiger partial charge in [-0.1, -0.05) is 0 Å². The van der Waals surface area contributed by atoms with Crippen LogP contribution < -0.4 is 14.8 Å². The molecule has 0 aromatic heterocycles. The highest BCUT2D eigenvalue weighted by molar-refractivity contribution is 6.04. The maximum atomic E-state index is 12.3. The maximum Gasteiger partial charge on any atom is 0.269 e. The summed E-state index contributed by atoms with van der Waals surface area (Å²) in [6.45, 7) is 1.89. The van der Waals surface area contributed by atoms with Crippen LogP contribution in [0.3, 0.4) is 0 Å². The molecular formula is C18H21N3O5. The molecule has 0 spiro atoms. The van der Waals surface area contributed by atoms with Crippen molar-refractivity contribution in [3.63, 3.8) is 0 Å². The van der Waals surface area contributed by atoms with Crippen molar-refractivity contribution in [3.05, 3.63) is 58.1 Å². The van der Waals surface area contributed by atoms with Crippen molar-refractivity contribution < 1.29 is 19.2 Å². The van der Waals surface area contributed by atoms with Crippen molar-refractivity contribution in [1.29, 1.82) is 0 Å². The van der Waals surface area contributed by atoms with Crippen LogP contribution in [-0.4, -0.2) is 43.2 Å². The normalized spacial score (nSPS) is 11.7. The monoisotopic (exact) mass is 359 g/mol. The van der Waals surface area contributed by atoms with Gasteiger partial charge in [-0.2, -0.15) is 0 Å². The van der Waals surface area contributed by atoms with Crippen LogP contribution in [-0.2, 0) is 0 Å². The summed E-state index contributed by atoms with van der Waals surface area (Å²) < 4.78 is 11.1. The molecule has 0 saturated heterocycles. The predicted octanol–water partition coefficient (Wildman–Crippen LogP) is 3.14. The Kier molecular flexibility index (Phi) is 6.13. The SMILES string of the molecule is COc1ccc(NC(=O)c2ccc([N+](=O)[O-])cc2)cc1OC(C)N(C)C. The summed E-state index contributed by atoms with van der Waals surface area (Å²) in [5.41, 5.74) is 0.769. The van der Waals surface area contributed by atoms with Crippen molar-refractivity contribution in [1.82, 2.24) is 4.90 Å². The van der Waals surface area contributed by atoms with Crippen LogP contribution in [0.25, 0.3) is 0 Å². The molecule has 0 bridgehead atoms. The van der Waals surface area contributed by atoms with Crippen LogP contribution in [0.1, 0.15) is 17.3 Å². The van der Waals surface area contributed by atoms with Gasteiger partial charge in [-0.25, -0.2) is 0 Å². The molecule has 2 aromatic carbocycles. The van der Waals surface area contributed by atoms with Gasteiger partial charge in [0.15, 0.2) is 11.5 Å². The van der Waals surface area contributed by atoms with Gasteiger partial charge < -0.3 is 14.8 Å². The molecule has 1 atom stereocenters. The number of nitrogens with one attached hydrogen (secondary N) is 1. The van der Waals surface area contributed by atoms with Gasteiger partial charge in [-0.3, -0.25) is 19.8 Å². The van der Waals surface area contributed by atoms with E-state index in [0.717, 1.165) is 0 Å². The third-order valence-corrected chi connectivity index (χ3v) is 3.79. The number of hydrogen-bond donors (Lipinski definition) is 1. The number of ether oxygens (including phenoxy) is 2. The minimum absolute atomic E-state index is 0.0700. The second-order valence-corrected chi connectivity index (χ2v) is 5.80. The minimum Gasteiger partial charge on any atom is -0.493 e. The van der Waals surface area contributed by atoms with Gasteiger partial charge in [0.05, 0.1) is 12.0 Å². The molecule has 1 unspecified atom stereocenters. The topological polar surface area (TPSA) is 93.9 Å². The fraction of sp³-hybridized carbons (Fsp3) is 0.278. The zero-order chi connectivity index (χ0) is 19.3. The van der Waals surface area contributed by atoms with E-state index in [1.54, 1.807) is 18.2 Å². The van der Waals surface area contributed by atoms with Crippen LogP contribution in [0.4, 0.5) is 11.4 Å². The molecule has 0 fully saturated rings. The van der Waals surface area contributed by atoms with E-state index < -0.39 is 4.92 Å². The second-order valence-electron chi connectivity index (χ2n) is 5.80. The number of carbonyl (C=O) groups is 1. The number of carbonyl (C=O) groups excluding carboxylic acids is 1. The summed E-state index contributed by atoms with van der Waals surface area (Å²) >= 11 is 0. The van der Waals surface area contributed by atoms with Gasteiger partial charge in [0.2, 0.25) is 0 Å². The van der Waals surface area contributed by atoms with Gasteiger partial charge in [0, 0.05) is 29.4 Å². The zero-order valence-corrected chi connectivity index (χ0v) is 15.1. The Hall–Kier alpha value is -3.13. The number of amides is 1. The largest absolute Gasteiger partial charge is 0.493 e. The molecule has 2 rings (SSSR count). The molecule has 26 heavy (non-hydrogen) atoms. The molecule has 0 heterocycles. The number of nitrogens with zero attached hydrogens (tertiary/aromatic N) is 2. The zero-order valence-electron chi connectivity index (χ0n) is 15.1. The van der Waals surface area contributed by atoms with E-state index in [0.29, 0.717) is 22.7 Å². The number of methoxy groups -OCH3 is 1. The molecule has 0 saturated carbocycles. The molecule has 0 aliphatic rings. The molecule has 8 heteroatoms. The number of benzene rings is 2. The van der Waals surface area contributed by atoms with Crippen molar-refractivity contribution in [3.8, 4) is 11.5 Å². The van der Waals surface area contributed by atoms with Gasteiger partial charge >= 0.3 is 0 Å². The number of nitro groups is 1. The standard InChI is InChI=1S/C18H21N3O5/c1-12(20(2)3)26-17-11-14(7-10-16(17)25-4)19-18(22)13-5-8-15(9-6-13)21(23)24/h5-12H,1-4H3,(H,19,22).